The largest absolute Gasteiger partial charge is 0.481 e. The number of sulfonamides is 1. The smallest absolute Gasteiger partial charge is 0.260 e. The third kappa shape index (κ3) is 5.44. The topological polar surface area (TPSA) is 75.7 Å². The Hall–Kier alpha value is -1.60. The van der Waals surface area contributed by atoms with Crippen molar-refractivity contribution in [3.05, 3.63) is 24.3 Å². The van der Waals surface area contributed by atoms with Gasteiger partial charge < -0.3 is 10.1 Å². The second-order valence-corrected chi connectivity index (χ2v) is 8.77. The third-order valence-corrected chi connectivity index (χ3v) is 6.06. The third-order valence-electron chi connectivity index (χ3n) is 4.14. The highest BCUT2D eigenvalue weighted by Gasteiger charge is 2.26. The molecule has 1 aromatic rings. The van der Waals surface area contributed by atoms with Crippen molar-refractivity contribution in [3.63, 3.8) is 0 Å². The fourth-order valence-corrected chi connectivity index (χ4v) is 4.17. The summed E-state index contributed by atoms with van der Waals surface area (Å²) in [6, 6.07) is 6.28. The van der Waals surface area contributed by atoms with E-state index in [0.29, 0.717) is 31.3 Å². The first-order chi connectivity index (χ1) is 11.8. The number of nitrogens with zero attached hydrogens (tertiary/aromatic N) is 1. The van der Waals surface area contributed by atoms with Gasteiger partial charge in [-0.3, -0.25) is 4.79 Å². The highest BCUT2D eigenvalue weighted by Crippen LogP contribution is 2.23. The fraction of sp³-hybridized carbons (Fsp3) is 0.611. The molecule has 0 aromatic heterocycles. The minimum absolute atomic E-state index is 0.182. The van der Waals surface area contributed by atoms with Gasteiger partial charge >= 0.3 is 0 Å². The summed E-state index contributed by atoms with van der Waals surface area (Å²) in [5.74, 6) is 0.666. The Kier molecular flexibility index (Phi) is 6.84. The molecule has 1 amide bonds. The van der Waals surface area contributed by atoms with Gasteiger partial charge in [0.2, 0.25) is 10.0 Å². The molecule has 25 heavy (non-hydrogen) atoms. The summed E-state index contributed by atoms with van der Waals surface area (Å²) >= 11 is 0. The molecule has 0 spiro atoms. The van der Waals surface area contributed by atoms with E-state index >= 15 is 0 Å². The van der Waals surface area contributed by atoms with E-state index in [9.17, 15) is 13.2 Å². The molecule has 1 aliphatic rings. The summed E-state index contributed by atoms with van der Waals surface area (Å²) in [5.41, 5.74) is 0. The second kappa shape index (κ2) is 8.67. The number of hydrogen-bond acceptors (Lipinski definition) is 4. The summed E-state index contributed by atoms with van der Waals surface area (Å²) in [4.78, 5) is 12.2. The molecule has 1 aliphatic heterocycles. The molecular formula is C18H28N2O4S. The van der Waals surface area contributed by atoms with Crippen molar-refractivity contribution < 1.29 is 17.9 Å². The van der Waals surface area contributed by atoms with E-state index in [0.717, 1.165) is 19.3 Å². The highest BCUT2D eigenvalue weighted by atomic mass is 32.2. The van der Waals surface area contributed by atoms with Crippen molar-refractivity contribution in [1.29, 1.82) is 0 Å². The summed E-state index contributed by atoms with van der Waals surface area (Å²) in [5, 5.41) is 2.81. The van der Waals surface area contributed by atoms with Crippen molar-refractivity contribution in [2.24, 2.45) is 5.92 Å². The Morgan fingerprint density at radius 2 is 1.72 bits per heavy atom. The predicted molar refractivity (Wildman–Crippen MR) is 97.0 cm³/mol. The van der Waals surface area contributed by atoms with Crippen LogP contribution in [0.3, 0.4) is 0 Å². The standard InChI is InChI=1S/C18H28N2O4S/c1-14(2)13-19-18(21)15(3)24-16-7-9-17(10-8-16)25(22,23)20-11-5-4-6-12-20/h7-10,14-15H,4-6,11-13H2,1-3H3,(H,19,21)/t15-/m1/s1. The number of nitrogens with one attached hydrogen (secondary N) is 1. The van der Waals surface area contributed by atoms with Crippen molar-refractivity contribution in [2.45, 2.75) is 51.0 Å². The molecule has 0 unspecified atom stereocenters. The first kappa shape index (κ1) is 19.7. The number of hydrogen-bond donors (Lipinski definition) is 1. The number of carbonyl (C=O) groups is 1. The van der Waals surface area contributed by atoms with Crippen LogP contribution in [0.2, 0.25) is 0 Å². The molecule has 0 radical (unpaired) electrons. The monoisotopic (exact) mass is 368 g/mol. The second-order valence-electron chi connectivity index (χ2n) is 6.84. The molecule has 0 aliphatic carbocycles. The van der Waals surface area contributed by atoms with Gasteiger partial charge in [0.05, 0.1) is 4.90 Å². The van der Waals surface area contributed by atoms with E-state index in [1.807, 2.05) is 13.8 Å². The molecule has 1 saturated heterocycles. The molecule has 1 N–H and O–H groups in total. The van der Waals surface area contributed by atoms with Crippen LogP contribution in [0.15, 0.2) is 29.2 Å². The van der Waals surface area contributed by atoms with Crippen molar-refractivity contribution >= 4 is 15.9 Å². The zero-order valence-electron chi connectivity index (χ0n) is 15.2. The SMILES string of the molecule is CC(C)CNC(=O)[C@@H](C)Oc1ccc(S(=O)(=O)N2CCCCC2)cc1. The molecule has 140 valence electrons. The first-order valence-corrected chi connectivity index (χ1v) is 10.3. The van der Waals surface area contributed by atoms with Gasteiger partial charge in [0.15, 0.2) is 6.10 Å². The van der Waals surface area contributed by atoms with Gasteiger partial charge in [0, 0.05) is 19.6 Å². The Morgan fingerprint density at radius 1 is 1.12 bits per heavy atom. The van der Waals surface area contributed by atoms with Gasteiger partial charge in [-0.05, 0) is 49.9 Å². The summed E-state index contributed by atoms with van der Waals surface area (Å²) in [6.07, 6.45) is 2.26. The average molecular weight is 368 g/mol. The molecular weight excluding hydrogens is 340 g/mol. The van der Waals surface area contributed by atoms with Crippen molar-refractivity contribution in [3.8, 4) is 5.75 Å². The van der Waals surface area contributed by atoms with Crippen LogP contribution < -0.4 is 10.1 Å². The van der Waals surface area contributed by atoms with E-state index in [2.05, 4.69) is 5.32 Å². The van der Waals surface area contributed by atoms with E-state index in [4.69, 9.17) is 4.74 Å². The Bertz CT molecular complexity index is 665. The molecule has 2 rings (SSSR count). The first-order valence-electron chi connectivity index (χ1n) is 8.85. The summed E-state index contributed by atoms with van der Waals surface area (Å²) in [6.45, 7) is 7.47. The van der Waals surface area contributed by atoms with Crippen LogP contribution in [0.1, 0.15) is 40.0 Å². The molecule has 0 bridgehead atoms. The minimum Gasteiger partial charge on any atom is -0.481 e. The fourth-order valence-electron chi connectivity index (χ4n) is 2.65. The maximum Gasteiger partial charge on any atom is 0.260 e. The lowest BCUT2D eigenvalue weighted by Gasteiger charge is -2.26. The Balaban J connectivity index is 1.98. The maximum absolute atomic E-state index is 12.6. The molecule has 7 heteroatoms. The predicted octanol–water partition coefficient (Wildman–Crippen LogP) is 2.40. The van der Waals surface area contributed by atoms with Crippen LogP contribution in [0, 0.1) is 5.92 Å². The van der Waals surface area contributed by atoms with Crippen LogP contribution in [-0.4, -0.2) is 44.4 Å². The normalized spacial score (nSPS) is 17.3. The van der Waals surface area contributed by atoms with E-state index in [1.165, 1.54) is 16.4 Å². The molecule has 1 atom stereocenters. The van der Waals surface area contributed by atoms with Crippen molar-refractivity contribution in [1.82, 2.24) is 9.62 Å². The van der Waals surface area contributed by atoms with Gasteiger partial charge in [-0.1, -0.05) is 20.3 Å². The number of carbonyl (C=O) groups excluding carboxylic acids is 1. The Labute approximate surface area is 150 Å². The van der Waals surface area contributed by atoms with Crippen LogP contribution in [0.5, 0.6) is 5.75 Å². The number of benzene rings is 1. The minimum atomic E-state index is -3.44. The van der Waals surface area contributed by atoms with Crippen LogP contribution in [0.4, 0.5) is 0 Å². The van der Waals surface area contributed by atoms with Gasteiger partial charge in [-0.15, -0.1) is 0 Å². The van der Waals surface area contributed by atoms with Crippen molar-refractivity contribution in [2.75, 3.05) is 19.6 Å². The van der Waals surface area contributed by atoms with Gasteiger partial charge in [-0.25, -0.2) is 8.42 Å². The average Bonchev–Trinajstić information content (AvgIpc) is 2.60. The zero-order valence-corrected chi connectivity index (χ0v) is 16.0. The number of piperidine rings is 1. The van der Waals surface area contributed by atoms with Gasteiger partial charge in [0.1, 0.15) is 5.75 Å². The zero-order chi connectivity index (χ0) is 18.4. The van der Waals surface area contributed by atoms with Crippen LogP contribution in [0.25, 0.3) is 0 Å². The van der Waals surface area contributed by atoms with Crippen LogP contribution in [-0.2, 0) is 14.8 Å². The molecule has 0 saturated carbocycles. The van der Waals surface area contributed by atoms with E-state index in [-0.39, 0.29) is 10.8 Å². The van der Waals surface area contributed by atoms with Gasteiger partial charge in [-0.2, -0.15) is 4.31 Å². The lowest BCUT2D eigenvalue weighted by molar-refractivity contribution is -0.127. The summed E-state index contributed by atoms with van der Waals surface area (Å²) in [7, 11) is -3.44. The quantitative estimate of drug-likeness (QED) is 0.802. The molecule has 6 nitrogen and oxygen atoms in total. The summed E-state index contributed by atoms with van der Waals surface area (Å²) < 4.78 is 32.3. The van der Waals surface area contributed by atoms with E-state index < -0.39 is 16.1 Å². The highest BCUT2D eigenvalue weighted by molar-refractivity contribution is 7.89. The maximum atomic E-state index is 12.6. The molecule has 1 heterocycles. The van der Waals surface area contributed by atoms with E-state index in [1.54, 1.807) is 19.1 Å². The van der Waals surface area contributed by atoms with Crippen LogP contribution >= 0.6 is 0 Å². The number of ether oxygens (including phenoxy) is 1. The lowest BCUT2D eigenvalue weighted by Crippen LogP contribution is -2.38. The molecule has 1 aromatic carbocycles. The number of amides is 1. The lowest BCUT2D eigenvalue weighted by atomic mass is 10.2. The Morgan fingerprint density at radius 3 is 2.28 bits per heavy atom. The number of rotatable bonds is 7. The molecule has 1 fully saturated rings. The van der Waals surface area contributed by atoms with Gasteiger partial charge in [0.25, 0.3) is 5.91 Å².